The summed E-state index contributed by atoms with van der Waals surface area (Å²) in [4.78, 5) is 25.8. The molecule has 0 radical (unpaired) electrons. The number of rotatable bonds is 7. The van der Waals surface area contributed by atoms with E-state index in [1.807, 2.05) is 6.07 Å². The second-order valence-electron chi connectivity index (χ2n) is 8.80. The minimum Gasteiger partial charge on any atom is -0.480 e. The largest absolute Gasteiger partial charge is 0.480 e. The smallest absolute Gasteiger partial charge is 0.319 e. The molecule has 3 aliphatic rings. The van der Waals surface area contributed by atoms with Crippen molar-refractivity contribution < 1.29 is 14.7 Å². The van der Waals surface area contributed by atoms with Gasteiger partial charge < -0.3 is 15.7 Å². The Morgan fingerprint density at radius 1 is 1.07 bits per heavy atom. The monoisotopic (exact) mass is 393 g/mol. The molecule has 0 heterocycles. The van der Waals surface area contributed by atoms with Gasteiger partial charge in [-0.3, -0.25) is 9.69 Å². The third-order valence-corrected chi connectivity index (χ3v) is 6.62. The van der Waals surface area contributed by atoms with Gasteiger partial charge in [0.15, 0.2) is 0 Å². The van der Waals surface area contributed by atoms with Crippen molar-refractivity contribution in [3.8, 4) is 0 Å². The van der Waals surface area contributed by atoms with Crippen LogP contribution >= 0.6 is 0 Å². The normalized spacial score (nSPS) is 22.5. The van der Waals surface area contributed by atoms with Crippen molar-refractivity contribution in [1.82, 2.24) is 10.2 Å². The van der Waals surface area contributed by atoms with Gasteiger partial charge in [0, 0.05) is 24.0 Å². The maximum absolute atomic E-state index is 12.6. The van der Waals surface area contributed by atoms with Crippen molar-refractivity contribution in [2.45, 2.75) is 50.6 Å². The van der Waals surface area contributed by atoms with Gasteiger partial charge in [-0.15, -0.1) is 0 Å². The molecule has 6 nitrogen and oxygen atoms in total. The molecule has 0 spiro atoms. The number of benzene rings is 2. The van der Waals surface area contributed by atoms with E-state index >= 15 is 0 Å². The van der Waals surface area contributed by atoms with Gasteiger partial charge in [0.2, 0.25) is 0 Å². The summed E-state index contributed by atoms with van der Waals surface area (Å²) in [6.07, 6.45) is 6.19. The van der Waals surface area contributed by atoms with Gasteiger partial charge in [-0.2, -0.15) is 0 Å². The van der Waals surface area contributed by atoms with E-state index in [0.29, 0.717) is 5.92 Å². The summed E-state index contributed by atoms with van der Waals surface area (Å²) < 4.78 is 0. The zero-order valence-electron chi connectivity index (χ0n) is 16.5. The summed E-state index contributed by atoms with van der Waals surface area (Å²) >= 11 is 0. The molecule has 0 atom stereocenters. The van der Waals surface area contributed by atoms with Crippen LogP contribution < -0.4 is 10.6 Å². The molecule has 152 valence electrons. The second-order valence-corrected chi connectivity index (χ2v) is 8.80. The van der Waals surface area contributed by atoms with Gasteiger partial charge in [-0.25, -0.2) is 4.79 Å². The number of carbonyl (C=O) groups excluding carboxylic acids is 1. The lowest BCUT2D eigenvalue weighted by molar-refractivity contribution is -0.139. The van der Waals surface area contributed by atoms with Crippen molar-refractivity contribution in [3.05, 3.63) is 41.5 Å². The molecule has 6 heteroatoms. The molecule has 0 aromatic heterocycles. The molecular formula is C23H27N3O3. The van der Waals surface area contributed by atoms with E-state index in [0.717, 1.165) is 43.3 Å². The van der Waals surface area contributed by atoms with Gasteiger partial charge in [0.25, 0.3) is 0 Å². The standard InChI is InChI=1S/C23H27N3O3/c27-21(28)13-26(12-14-4-5-14)18-10-17(11-18)24-23(29)25-20-9-8-16-7-6-15-2-1-3-19(20)22(15)16/h1-3,8-9,14,17-18H,4-7,10-13H2,(H,27,28)(H2,24,25,29). The van der Waals surface area contributed by atoms with Crippen LogP contribution in [0.1, 0.15) is 36.8 Å². The third-order valence-electron chi connectivity index (χ3n) is 6.62. The minimum absolute atomic E-state index is 0.0980. The van der Waals surface area contributed by atoms with Gasteiger partial charge in [0.05, 0.1) is 12.2 Å². The molecular weight excluding hydrogens is 366 g/mol. The van der Waals surface area contributed by atoms with E-state index in [1.54, 1.807) is 0 Å². The summed E-state index contributed by atoms with van der Waals surface area (Å²) in [5.74, 6) is -0.111. The topological polar surface area (TPSA) is 81.7 Å². The van der Waals surface area contributed by atoms with Crippen LogP contribution in [0, 0.1) is 5.92 Å². The Kier molecular flexibility index (Phi) is 4.66. The average Bonchev–Trinajstić information content (AvgIpc) is 3.37. The van der Waals surface area contributed by atoms with Crippen LogP contribution in [0.3, 0.4) is 0 Å². The Labute approximate surface area is 170 Å². The molecule has 2 aromatic rings. The summed E-state index contributed by atoms with van der Waals surface area (Å²) in [5, 5.41) is 17.7. The Morgan fingerprint density at radius 2 is 1.83 bits per heavy atom. The van der Waals surface area contributed by atoms with Crippen LogP contribution in [-0.2, 0) is 17.6 Å². The summed E-state index contributed by atoms with van der Waals surface area (Å²) in [5.41, 5.74) is 3.57. The van der Waals surface area contributed by atoms with Crippen molar-refractivity contribution in [2.24, 2.45) is 5.92 Å². The van der Waals surface area contributed by atoms with E-state index in [-0.39, 0.29) is 24.7 Å². The third kappa shape index (κ3) is 3.81. The van der Waals surface area contributed by atoms with Crippen molar-refractivity contribution >= 4 is 28.5 Å². The van der Waals surface area contributed by atoms with Gasteiger partial charge in [-0.1, -0.05) is 24.3 Å². The first-order valence-electron chi connectivity index (χ1n) is 10.6. The SMILES string of the molecule is O=C(O)CN(CC1CC1)C1CC(NC(=O)Nc2ccc3c4c(cccc24)CC3)C1. The van der Waals surface area contributed by atoms with Crippen LogP contribution in [0.2, 0.25) is 0 Å². The molecule has 29 heavy (non-hydrogen) atoms. The molecule has 2 aromatic carbocycles. The minimum atomic E-state index is -0.771. The Hall–Kier alpha value is -2.60. The second kappa shape index (κ2) is 7.34. The fourth-order valence-electron chi connectivity index (χ4n) is 4.85. The first-order chi connectivity index (χ1) is 14.1. The highest BCUT2D eigenvalue weighted by Crippen LogP contribution is 2.36. The maximum Gasteiger partial charge on any atom is 0.319 e. The first kappa shape index (κ1) is 18.4. The van der Waals surface area contributed by atoms with Crippen LogP contribution in [0.25, 0.3) is 10.8 Å². The summed E-state index contributed by atoms with van der Waals surface area (Å²) in [7, 11) is 0. The van der Waals surface area contributed by atoms with Crippen molar-refractivity contribution in [2.75, 3.05) is 18.4 Å². The van der Waals surface area contributed by atoms with Crippen molar-refractivity contribution in [1.29, 1.82) is 0 Å². The Bertz CT molecular complexity index is 953. The lowest BCUT2D eigenvalue weighted by Crippen LogP contribution is -2.55. The molecule has 0 aliphatic heterocycles. The number of urea groups is 1. The number of aliphatic carboxylic acids is 1. The molecule has 0 saturated heterocycles. The zero-order chi connectivity index (χ0) is 20.0. The molecule has 5 rings (SSSR count). The molecule has 3 aliphatic carbocycles. The number of carbonyl (C=O) groups is 2. The number of carboxylic acid groups (broad SMARTS) is 1. The lowest BCUT2D eigenvalue weighted by atomic mass is 9.85. The number of nitrogens with one attached hydrogen (secondary N) is 2. The van der Waals surface area contributed by atoms with Crippen LogP contribution in [0.15, 0.2) is 30.3 Å². The quantitative estimate of drug-likeness (QED) is 0.674. The van der Waals surface area contributed by atoms with Gasteiger partial charge in [0.1, 0.15) is 0 Å². The Balaban J connectivity index is 1.18. The number of amides is 2. The highest BCUT2D eigenvalue weighted by molar-refractivity contribution is 6.04. The number of anilines is 1. The molecule has 0 unspecified atom stereocenters. The summed E-state index contributed by atoms with van der Waals surface area (Å²) in [6, 6.07) is 10.6. The van der Waals surface area contributed by atoms with E-state index in [2.05, 4.69) is 39.8 Å². The van der Waals surface area contributed by atoms with E-state index in [4.69, 9.17) is 5.11 Å². The van der Waals surface area contributed by atoms with E-state index < -0.39 is 5.97 Å². The fourth-order valence-corrected chi connectivity index (χ4v) is 4.85. The predicted molar refractivity (Wildman–Crippen MR) is 112 cm³/mol. The molecule has 3 N–H and O–H groups in total. The van der Waals surface area contributed by atoms with Crippen LogP contribution in [-0.4, -0.2) is 47.2 Å². The maximum atomic E-state index is 12.6. The van der Waals surface area contributed by atoms with E-state index in [9.17, 15) is 9.59 Å². The van der Waals surface area contributed by atoms with Crippen LogP contribution in [0.4, 0.5) is 10.5 Å². The Morgan fingerprint density at radius 3 is 2.55 bits per heavy atom. The number of carboxylic acids is 1. The molecule has 2 fully saturated rings. The highest BCUT2D eigenvalue weighted by atomic mass is 16.4. The number of nitrogens with zero attached hydrogens (tertiary/aromatic N) is 1. The first-order valence-corrected chi connectivity index (χ1v) is 10.6. The number of hydrogen-bond donors (Lipinski definition) is 3. The average molecular weight is 393 g/mol. The predicted octanol–water partition coefficient (Wildman–Crippen LogP) is 3.39. The fraction of sp³-hybridized carbons (Fsp3) is 0.478. The number of aryl methyl sites for hydroxylation is 2. The molecule has 0 bridgehead atoms. The number of hydrogen-bond acceptors (Lipinski definition) is 3. The molecule has 2 amide bonds. The summed E-state index contributed by atoms with van der Waals surface area (Å²) in [6.45, 7) is 0.970. The van der Waals surface area contributed by atoms with Crippen LogP contribution in [0.5, 0.6) is 0 Å². The van der Waals surface area contributed by atoms with Gasteiger partial charge in [-0.05, 0) is 67.0 Å². The molecule has 2 saturated carbocycles. The van der Waals surface area contributed by atoms with E-state index in [1.165, 1.54) is 29.4 Å². The highest BCUT2D eigenvalue weighted by Gasteiger charge is 2.37. The van der Waals surface area contributed by atoms with Gasteiger partial charge >= 0.3 is 12.0 Å². The van der Waals surface area contributed by atoms with Crippen molar-refractivity contribution in [3.63, 3.8) is 0 Å². The zero-order valence-corrected chi connectivity index (χ0v) is 16.5. The lowest BCUT2D eigenvalue weighted by Gasteiger charge is -2.42.